The van der Waals surface area contributed by atoms with E-state index in [4.69, 9.17) is 11.6 Å². The number of benzene rings is 2. The second-order valence-electron chi connectivity index (χ2n) is 3.81. The van der Waals surface area contributed by atoms with Crippen molar-refractivity contribution >= 4 is 22.9 Å². The third kappa shape index (κ3) is 2.17. The van der Waals surface area contributed by atoms with Crippen molar-refractivity contribution in [3.8, 4) is 21.0 Å². The molecule has 0 saturated heterocycles. The highest BCUT2D eigenvalue weighted by atomic mass is 35.5. The summed E-state index contributed by atoms with van der Waals surface area (Å²) in [5, 5.41) is 1.70. The first kappa shape index (κ1) is 11.5. The van der Waals surface area contributed by atoms with Gasteiger partial charge in [0, 0.05) is 16.1 Å². The zero-order chi connectivity index (χ0) is 12.4. The Bertz CT molecular complexity index is 661. The quantitative estimate of drug-likeness (QED) is 0.643. The number of nitrogens with zero attached hydrogens (tertiary/aromatic N) is 1. The molecule has 3 heteroatoms. The Morgan fingerprint density at radius 2 is 1.67 bits per heavy atom. The maximum absolute atomic E-state index is 6.17. The second kappa shape index (κ2) is 4.92. The van der Waals surface area contributed by atoms with E-state index in [-0.39, 0.29) is 0 Å². The van der Waals surface area contributed by atoms with Gasteiger partial charge < -0.3 is 0 Å². The minimum absolute atomic E-state index is 0.733. The molecule has 0 bridgehead atoms. The maximum Gasteiger partial charge on any atom is 0.124 e. The first-order chi connectivity index (χ1) is 8.84. The van der Waals surface area contributed by atoms with E-state index in [1.54, 1.807) is 11.3 Å². The molecule has 87 valence electrons. The topological polar surface area (TPSA) is 12.9 Å². The van der Waals surface area contributed by atoms with Crippen LogP contribution in [-0.2, 0) is 0 Å². The van der Waals surface area contributed by atoms with Crippen LogP contribution in [0.2, 0.25) is 5.02 Å². The van der Waals surface area contributed by atoms with Gasteiger partial charge in [-0.15, -0.1) is 11.3 Å². The molecule has 0 atom stereocenters. The average molecular weight is 271 g/mol. The molecule has 1 aromatic heterocycles. The Balaban J connectivity index is 2.03. The molecule has 0 spiro atoms. The van der Waals surface area contributed by atoms with Gasteiger partial charge in [-0.2, -0.15) is 0 Å². The van der Waals surface area contributed by atoms with Gasteiger partial charge in [0.2, 0.25) is 0 Å². The first-order valence-corrected chi connectivity index (χ1v) is 6.73. The van der Waals surface area contributed by atoms with Crippen molar-refractivity contribution in [1.82, 2.24) is 4.98 Å². The molecule has 3 rings (SSSR count). The second-order valence-corrected chi connectivity index (χ2v) is 5.21. The van der Waals surface area contributed by atoms with Crippen LogP contribution >= 0.6 is 22.9 Å². The molecular weight excluding hydrogens is 262 g/mol. The number of halogens is 1. The third-order valence-corrected chi connectivity index (χ3v) is 3.96. The Hall–Kier alpha value is -1.64. The fourth-order valence-corrected chi connectivity index (χ4v) is 2.91. The Labute approximate surface area is 115 Å². The van der Waals surface area contributed by atoms with Crippen LogP contribution < -0.4 is 0 Å². The van der Waals surface area contributed by atoms with E-state index in [0.29, 0.717) is 0 Å². The molecule has 1 radical (unpaired) electrons. The van der Waals surface area contributed by atoms with Gasteiger partial charge in [0.25, 0.3) is 0 Å². The summed E-state index contributed by atoms with van der Waals surface area (Å²) in [4.78, 5) is 5.31. The molecule has 2 aromatic carbocycles. The highest BCUT2D eigenvalue weighted by Gasteiger charge is 2.09. The number of thiazole rings is 1. The fraction of sp³-hybridized carbons (Fsp3) is 0. The maximum atomic E-state index is 6.17. The van der Waals surface area contributed by atoms with Gasteiger partial charge in [0.05, 0.1) is 4.88 Å². The standard InChI is InChI=1S/C15H9ClNS/c16-13-9-5-4-8-12(13)14-10-17-15(18-14)11-6-2-1-3-7-11/h1-9H. The van der Waals surface area contributed by atoms with E-state index < -0.39 is 0 Å². The van der Waals surface area contributed by atoms with Gasteiger partial charge in [-0.1, -0.05) is 60.1 Å². The molecule has 3 aromatic rings. The Kier molecular flexibility index (Phi) is 3.13. The molecule has 0 fully saturated rings. The molecule has 0 N–H and O–H groups in total. The Morgan fingerprint density at radius 1 is 0.944 bits per heavy atom. The summed E-state index contributed by atoms with van der Waals surface area (Å²) in [6, 6.07) is 17.9. The summed E-state index contributed by atoms with van der Waals surface area (Å²) in [6.07, 6.45) is 3.05. The van der Waals surface area contributed by atoms with E-state index >= 15 is 0 Å². The van der Waals surface area contributed by atoms with Crippen LogP contribution in [0.4, 0.5) is 0 Å². The number of hydrogen-bond acceptors (Lipinski definition) is 2. The predicted molar refractivity (Wildman–Crippen MR) is 76.8 cm³/mol. The van der Waals surface area contributed by atoms with Crippen molar-refractivity contribution in [2.75, 3.05) is 0 Å². The largest absolute Gasteiger partial charge is 0.234 e. The van der Waals surface area contributed by atoms with E-state index in [1.165, 1.54) is 0 Å². The SMILES string of the molecule is Clc1ccccc1-c1[c]nc(-c2ccccc2)s1. The van der Waals surface area contributed by atoms with Gasteiger partial charge in [-0.25, -0.2) is 4.98 Å². The zero-order valence-electron chi connectivity index (χ0n) is 9.43. The average Bonchev–Trinajstić information content (AvgIpc) is 2.90. The highest BCUT2D eigenvalue weighted by molar-refractivity contribution is 7.18. The van der Waals surface area contributed by atoms with Crippen LogP contribution in [0.15, 0.2) is 54.6 Å². The van der Waals surface area contributed by atoms with Crippen molar-refractivity contribution in [1.29, 1.82) is 0 Å². The normalized spacial score (nSPS) is 10.5. The van der Waals surface area contributed by atoms with Crippen LogP contribution in [0.1, 0.15) is 0 Å². The molecule has 0 aliphatic carbocycles. The summed E-state index contributed by atoms with van der Waals surface area (Å²) in [6.45, 7) is 0. The lowest BCUT2D eigenvalue weighted by atomic mass is 10.2. The smallest absolute Gasteiger partial charge is 0.124 e. The summed E-state index contributed by atoms with van der Waals surface area (Å²) >= 11 is 7.78. The highest BCUT2D eigenvalue weighted by Crippen LogP contribution is 2.34. The van der Waals surface area contributed by atoms with E-state index in [9.17, 15) is 0 Å². The molecule has 0 aliphatic rings. The molecule has 1 nitrogen and oxygen atoms in total. The van der Waals surface area contributed by atoms with Gasteiger partial charge in [-0.3, -0.25) is 0 Å². The fourth-order valence-electron chi connectivity index (χ4n) is 1.71. The molecule has 0 aliphatic heterocycles. The van der Waals surface area contributed by atoms with Crippen LogP contribution in [-0.4, -0.2) is 4.98 Å². The van der Waals surface area contributed by atoms with E-state index in [1.807, 2.05) is 54.6 Å². The van der Waals surface area contributed by atoms with Crippen molar-refractivity contribution in [2.45, 2.75) is 0 Å². The Morgan fingerprint density at radius 3 is 2.44 bits per heavy atom. The van der Waals surface area contributed by atoms with Gasteiger partial charge in [0.15, 0.2) is 0 Å². The molecule has 0 unspecified atom stereocenters. The monoisotopic (exact) mass is 270 g/mol. The van der Waals surface area contributed by atoms with Crippen LogP contribution in [0.3, 0.4) is 0 Å². The van der Waals surface area contributed by atoms with Crippen molar-refractivity contribution in [3.05, 3.63) is 65.8 Å². The number of aromatic nitrogens is 1. The minimum atomic E-state index is 0.733. The first-order valence-electron chi connectivity index (χ1n) is 5.53. The molecule has 0 saturated carbocycles. The number of hydrogen-bond donors (Lipinski definition) is 0. The molecule has 1 heterocycles. The molecule has 18 heavy (non-hydrogen) atoms. The predicted octanol–water partition coefficient (Wildman–Crippen LogP) is 4.93. The van der Waals surface area contributed by atoms with Crippen LogP contribution in [0, 0.1) is 6.20 Å². The van der Waals surface area contributed by atoms with E-state index in [2.05, 4.69) is 11.2 Å². The van der Waals surface area contributed by atoms with Gasteiger partial charge in [0.1, 0.15) is 11.2 Å². The summed E-state index contributed by atoms with van der Waals surface area (Å²) in [5.41, 5.74) is 2.09. The van der Waals surface area contributed by atoms with E-state index in [0.717, 1.165) is 26.0 Å². The summed E-state index contributed by atoms with van der Waals surface area (Å²) < 4.78 is 0. The lowest BCUT2D eigenvalue weighted by Gasteiger charge is -1.98. The summed E-state index contributed by atoms with van der Waals surface area (Å²) in [7, 11) is 0. The van der Waals surface area contributed by atoms with Crippen molar-refractivity contribution < 1.29 is 0 Å². The minimum Gasteiger partial charge on any atom is -0.234 e. The molecule has 0 amide bonds. The zero-order valence-corrected chi connectivity index (χ0v) is 11.0. The van der Waals surface area contributed by atoms with Crippen molar-refractivity contribution in [3.63, 3.8) is 0 Å². The van der Waals surface area contributed by atoms with Gasteiger partial charge >= 0.3 is 0 Å². The molecular formula is C15H9ClNS. The third-order valence-electron chi connectivity index (χ3n) is 2.60. The van der Waals surface area contributed by atoms with Gasteiger partial charge in [-0.05, 0) is 6.07 Å². The summed E-state index contributed by atoms with van der Waals surface area (Å²) in [5.74, 6) is 0. The number of rotatable bonds is 2. The lowest BCUT2D eigenvalue weighted by molar-refractivity contribution is 1.40. The van der Waals surface area contributed by atoms with Crippen LogP contribution in [0.25, 0.3) is 21.0 Å². The van der Waals surface area contributed by atoms with Crippen LogP contribution in [0.5, 0.6) is 0 Å². The lowest BCUT2D eigenvalue weighted by Crippen LogP contribution is -1.73. The van der Waals surface area contributed by atoms with Crippen molar-refractivity contribution in [2.24, 2.45) is 0 Å².